The van der Waals surface area contributed by atoms with E-state index in [4.69, 9.17) is 4.74 Å². The number of halogens is 1. The fourth-order valence-electron chi connectivity index (χ4n) is 3.10. The lowest BCUT2D eigenvalue weighted by molar-refractivity contribution is 0.0891. The van der Waals surface area contributed by atoms with Crippen molar-refractivity contribution >= 4 is 12.0 Å². The Hall–Kier alpha value is -2.90. The molecule has 7 nitrogen and oxygen atoms in total. The molecule has 8 heteroatoms. The van der Waals surface area contributed by atoms with Gasteiger partial charge in [0.2, 0.25) is 0 Å². The van der Waals surface area contributed by atoms with Crippen LogP contribution >= 0.6 is 0 Å². The number of carbonyl (C=O) groups excluding carboxylic acids is 2. The Balaban J connectivity index is 1.67. The molecule has 0 aliphatic carbocycles. The van der Waals surface area contributed by atoms with Gasteiger partial charge in [0.1, 0.15) is 11.5 Å². The van der Waals surface area contributed by atoms with E-state index in [1.807, 2.05) is 0 Å². The van der Waals surface area contributed by atoms with Crippen molar-refractivity contribution in [1.29, 1.82) is 0 Å². The van der Waals surface area contributed by atoms with Crippen LogP contribution in [0.4, 0.5) is 9.18 Å². The van der Waals surface area contributed by atoms with Crippen LogP contribution in [-0.2, 0) is 4.74 Å². The maximum atomic E-state index is 14.0. The molecular weight excluding hydrogens is 339 g/mol. The molecule has 2 heterocycles. The monoisotopic (exact) mass is 360 g/mol. The molecule has 2 aromatic rings. The summed E-state index contributed by atoms with van der Waals surface area (Å²) in [5.74, 6) is -0.651. The van der Waals surface area contributed by atoms with Gasteiger partial charge in [0.05, 0.1) is 24.6 Å². The number of nitrogens with one attached hydrogen (secondary N) is 1. The average molecular weight is 360 g/mol. The molecular formula is C18H21FN4O3. The van der Waals surface area contributed by atoms with Gasteiger partial charge in [-0.25, -0.2) is 13.9 Å². The van der Waals surface area contributed by atoms with E-state index in [9.17, 15) is 14.0 Å². The number of likely N-dealkylation sites (tertiary alicyclic amines) is 1. The predicted molar refractivity (Wildman–Crippen MR) is 92.7 cm³/mol. The molecule has 1 aromatic heterocycles. The molecule has 1 saturated heterocycles. The van der Waals surface area contributed by atoms with Crippen LogP contribution in [0, 0.1) is 12.7 Å². The highest BCUT2D eigenvalue weighted by Gasteiger charge is 2.25. The highest BCUT2D eigenvalue weighted by atomic mass is 19.1. The first-order chi connectivity index (χ1) is 12.5. The van der Waals surface area contributed by atoms with E-state index >= 15 is 0 Å². The molecule has 0 spiro atoms. The summed E-state index contributed by atoms with van der Waals surface area (Å²) in [7, 11) is 1.35. The van der Waals surface area contributed by atoms with E-state index in [-0.39, 0.29) is 18.0 Å². The van der Waals surface area contributed by atoms with Crippen molar-refractivity contribution in [3.8, 4) is 5.69 Å². The van der Waals surface area contributed by atoms with Gasteiger partial charge >= 0.3 is 6.09 Å². The Morgan fingerprint density at radius 1 is 1.27 bits per heavy atom. The summed E-state index contributed by atoms with van der Waals surface area (Å²) in [5, 5.41) is 7.12. The second-order valence-corrected chi connectivity index (χ2v) is 6.21. The van der Waals surface area contributed by atoms with Crippen molar-refractivity contribution in [2.24, 2.45) is 0 Å². The maximum Gasteiger partial charge on any atom is 0.409 e. The lowest BCUT2D eigenvalue weighted by Gasteiger charge is -2.31. The van der Waals surface area contributed by atoms with E-state index < -0.39 is 5.82 Å². The number of ether oxygens (including phenoxy) is 1. The lowest BCUT2D eigenvalue weighted by Crippen LogP contribution is -2.46. The van der Waals surface area contributed by atoms with E-state index in [0.717, 1.165) is 0 Å². The number of carbonyl (C=O) groups is 2. The molecule has 1 aliphatic rings. The van der Waals surface area contributed by atoms with E-state index in [0.29, 0.717) is 42.9 Å². The second-order valence-electron chi connectivity index (χ2n) is 6.21. The molecule has 1 aromatic carbocycles. The fourth-order valence-corrected chi connectivity index (χ4v) is 3.10. The second kappa shape index (κ2) is 7.55. The normalized spacial score (nSPS) is 15.0. The zero-order chi connectivity index (χ0) is 18.7. The Kier molecular flexibility index (Phi) is 5.20. The maximum absolute atomic E-state index is 14.0. The number of para-hydroxylation sites is 1. The summed E-state index contributed by atoms with van der Waals surface area (Å²) in [4.78, 5) is 25.7. The van der Waals surface area contributed by atoms with Crippen molar-refractivity contribution in [3.05, 3.63) is 47.5 Å². The first kappa shape index (κ1) is 17.9. The Morgan fingerprint density at radius 3 is 2.62 bits per heavy atom. The first-order valence-corrected chi connectivity index (χ1v) is 8.44. The minimum atomic E-state index is -0.402. The van der Waals surface area contributed by atoms with Crippen molar-refractivity contribution in [2.45, 2.75) is 25.8 Å². The number of aromatic nitrogens is 2. The standard InChI is InChI=1S/C18H21FN4O3/c1-12-14(11-20-23(12)16-6-4-3-5-15(16)19)17(24)21-13-7-9-22(10-8-13)18(25)26-2/h3-6,11,13H,7-10H2,1-2H3,(H,21,24). The largest absolute Gasteiger partial charge is 0.453 e. The van der Waals surface area contributed by atoms with Gasteiger partial charge in [-0.05, 0) is 31.9 Å². The third-order valence-electron chi connectivity index (χ3n) is 4.60. The molecule has 2 amide bonds. The van der Waals surface area contributed by atoms with Crippen molar-refractivity contribution < 1.29 is 18.7 Å². The molecule has 1 N–H and O–H groups in total. The minimum absolute atomic E-state index is 0.0281. The fraction of sp³-hybridized carbons (Fsp3) is 0.389. The molecule has 138 valence electrons. The number of rotatable bonds is 3. The van der Waals surface area contributed by atoms with Gasteiger partial charge in [0.25, 0.3) is 5.91 Å². The molecule has 0 atom stereocenters. The van der Waals surface area contributed by atoms with Gasteiger partial charge < -0.3 is 15.0 Å². The van der Waals surface area contributed by atoms with Crippen molar-refractivity contribution in [3.63, 3.8) is 0 Å². The molecule has 1 aliphatic heterocycles. The van der Waals surface area contributed by atoms with Gasteiger partial charge in [0.15, 0.2) is 0 Å². The van der Waals surface area contributed by atoms with Crippen LogP contribution in [0.15, 0.2) is 30.5 Å². The number of hydrogen-bond donors (Lipinski definition) is 1. The summed E-state index contributed by atoms with van der Waals surface area (Å²) in [5.41, 5.74) is 1.28. The SMILES string of the molecule is COC(=O)N1CCC(NC(=O)c2cnn(-c3ccccc3F)c2C)CC1. The quantitative estimate of drug-likeness (QED) is 0.911. The van der Waals surface area contributed by atoms with E-state index in [2.05, 4.69) is 10.4 Å². The molecule has 0 radical (unpaired) electrons. The smallest absolute Gasteiger partial charge is 0.409 e. The van der Waals surface area contributed by atoms with Crippen molar-refractivity contribution in [1.82, 2.24) is 20.0 Å². The van der Waals surface area contributed by atoms with E-state index in [1.54, 1.807) is 30.0 Å². The van der Waals surface area contributed by atoms with Gasteiger partial charge in [0, 0.05) is 19.1 Å². The van der Waals surface area contributed by atoms with Crippen LogP contribution in [-0.4, -0.2) is 52.9 Å². The van der Waals surface area contributed by atoms with Crippen LogP contribution in [0.2, 0.25) is 0 Å². The van der Waals surface area contributed by atoms with Crippen LogP contribution in [0.3, 0.4) is 0 Å². The third kappa shape index (κ3) is 3.54. The summed E-state index contributed by atoms with van der Waals surface area (Å²) in [6, 6.07) is 6.25. The first-order valence-electron chi connectivity index (χ1n) is 8.44. The molecule has 26 heavy (non-hydrogen) atoms. The topological polar surface area (TPSA) is 76.5 Å². The van der Waals surface area contributed by atoms with Crippen LogP contribution in [0.25, 0.3) is 5.69 Å². The van der Waals surface area contributed by atoms with Gasteiger partial charge in [-0.15, -0.1) is 0 Å². The highest BCUT2D eigenvalue weighted by molar-refractivity contribution is 5.95. The Morgan fingerprint density at radius 2 is 1.96 bits per heavy atom. The zero-order valence-corrected chi connectivity index (χ0v) is 14.7. The number of piperidine rings is 1. The Labute approximate surface area is 150 Å². The van der Waals surface area contributed by atoms with Gasteiger partial charge in [-0.1, -0.05) is 12.1 Å². The molecule has 0 bridgehead atoms. The lowest BCUT2D eigenvalue weighted by atomic mass is 10.0. The third-order valence-corrected chi connectivity index (χ3v) is 4.60. The molecule has 1 fully saturated rings. The average Bonchev–Trinajstić information content (AvgIpc) is 3.03. The van der Waals surface area contributed by atoms with Crippen LogP contribution < -0.4 is 5.32 Å². The van der Waals surface area contributed by atoms with E-state index in [1.165, 1.54) is 24.1 Å². The summed E-state index contributed by atoms with van der Waals surface area (Å²) in [6.45, 7) is 2.80. The Bertz CT molecular complexity index is 813. The van der Waals surface area contributed by atoms with Gasteiger partial charge in [-0.2, -0.15) is 5.10 Å². The summed E-state index contributed by atoms with van der Waals surface area (Å²) < 4.78 is 20.1. The summed E-state index contributed by atoms with van der Waals surface area (Å²) >= 11 is 0. The highest BCUT2D eigenvalue weighted by Crippen LogP contribution is 2.18. The minimum Gasteiger partial charge on any atom is -0.453 e. The molecule has 3 rings (SSSR count). The number of hydrogen-bond acceptors (Lipinski definition) is 4. The van der Waals surface area contributed by atoms with Crippen LogP contribution in [0.1, 0.15) is 28.9 Å². The van der Waals surface area contributed by atoms with Crippen molar-refractivity contribution in [2.75, 3.05) is 20.2 Å². The molecule has 0 saturated carbocycles. The molecule has 0 unspecified atom stereocenters. The number of benzene rings is 1. The number of amides is 2. The predicted octanol–water partition coefficient (Wildman–Crippen LogP) is 2.28. The summed E-state index contributed by atoms with van der Waals surface area (Å²) in [6.07, 6.45) is 2.40. The number of nitrogens with zero attached hydrogens (tertiary/aromatic N) is 3. The van der Waals surface area contributed by atoms with Crippen LogP contribution in [0.5, 0.6) is 0 Å². The number of methoxy groups -OCH3 is 1. The zero-order valence-electron chi connectivity index (χ0n) is 14.7. The van der Waals surface area contributed by atoms with Gasteiger partial charge in [-0.3, -0.25) is 4.79 Å².